The highest BCUT2D eigenvalue weighted by Crippen LogP contribution is 2.34. The number of nitrogens with zero attached hydrogens (tertiary/aromatic N) is 3. The van der Waals surface area contributed by atoms with E-state index >= 15 is 0 Å². The lowest BCUT2D eigenvalue weighted by Crippen LogP contribution is -2.01. The summed E-state index contributed by atoms with van der Waals surface area (Å²) in [6, 6.07) is 8.64. The van der Waals surface area contributed by atoms with Crippen molar-refractivity contribution in [2.24, 2.45) is 0 Å². The fourth-order valence-corrected chi connectivity index (χ4v) is 1.33. The second kappa shape index (κ2) is 5.09. The van der Waals surface area contributed by atoms with Gasteiger partial charge in [0.05, 0.1) is 12.0 Å². The number of hydrogen-bond donors (Lipinski definition) is 0. The van der Waals surface area contributed by atoms with Crippen LogP contribution < -0.4 is 9.47 Å². The van der Waals surface area contributed by atoms with Crippen molar-refractivity contribution in [2.45, 2.75) is 0 Å². The average molecular weight is 247 g/mol. The topological polar surface area (TPSA) is 87.4 Å². The summed E-state index contributed by atoms with van der Waals surface area (Å²) < 4.78 is 10.2. The first kappa shape index (κ1) is 11.8. The first-order valence-electron chi connectivity index (χ1n) is 4.98. The van der Waals surface area contributed by atoms with E-state index in [-0.39, 0.29) is 11.8 Å². The van der Waals surface area contributed by atoms with E-state index in [0.717, 1.165) is 6.33 Å². The van der Waals surface area contributed by atoms with Crippen molar-refractivity contribution < 1.29 is 14.4 Å². The van der Waals surface area contributed by atoms with Crippen LogP contribution in [0.4, 0.5) is 5.69 Å². The van der Waals surface area contributed by atoms with Crippen molar-refractivity contribution in [2.75, 3.05) is 7.11 Å². The Balaban J connectivity index is 2.42. The maximum atomic E-state index is 11.0. The van der Waals surface area contributed by atoms with Crippen LogP contribution in [0.5, 0.6) is 17.5 Å². The van der Waals surface area contributed by atoms with E-state index in [4.69, 9.17) is 9.47 Å². The first-order valence-corrected chi connectivity index (χ1v) is 4.98. The van der Waals surface area contributed by atoms with Crippen LogP contribution >= 0.6 is 0 Å². The first-order chi connectivity index (χ1) is 8.72. The smallest absolute Gasteiger partial charge is 0.392 e. The molecule has 0 spiro atoms. The number of aromatic nitrogens is 2. The molecule has 7 nitrogen and oxygen atoms in total. The van der Waals surface area contributed by atoms with Crippen LogP contribution in [-0.4, -0.2) is 22.0 Å². The maximum absolute atomic E-state index is 11.0. The van der Waals surface area contributed by atoms with Gasteiger partial charge in [0, 0.05) is 0 Å². The van der Waals surface area contributed by atoms with Crippen molar-refractivity contribution in [1.29, 1.82) is 0 Å². The van der Waals surface area contributed by atoms with Gasteiger partial charge in [-0.25, -0.2) is 0 Å². The van der Waals surface area contributed by atoms with Gasteiger partial charge in [0.2, 0.25) is 0 Å². The molecule has 0 saturated carbocycles. The number of nitro groups is 1. The molecule has 1 heterocycles. The van der Waals surface area contributed by atoms with Crippen LogP contribution in [0.25, 0.3) is 0 Å². The fraction of sp³-hybridized carbons (Fsp3) is 0.0909. The molecule has 0 amide bonds. The summed E-state index contributed by atoms with van der Waals surface area (Å²) in [7, 11) is 1.29. The normalized spacial score (nSPS) is 9.83. The summed E-state index contributed by atoms with van der Waals surface area (Å²) >= 11 is 0. The van der Waals surface area contributed by atoms with Crippen LogP contribution in [0.3, 0.4) is 0 Å². The molecule has 92 valence electrons. The highest BCUT2D eigenvalue weighted by Gasteiger charge is 2.25. The zero-order chi connectivity index (χ0) is 13.0. The largest absolute Gasteiger partial charge is 0.476 e. The number of methoxy groups -OCH3 is 1. The van der Waals surface area contributed by atoms with E-state index in [1.54, 1.807) is 24.3 Å². The molecule has 0 N–H and O–H groups in total. The van der Waals surface area contributed by atoms with Gasteiger partial charge < -0.3 is 9.47 Å². The predicted octanol–water partition coefficient (Wildman–Crippen LogP) is 2.19. The summed E-state index contributed by atoms with van der Waals surface area (Å²) in [4.78, 5) is 17.7. The lowest BCUT2D eigenvalue weighted by Gasteiger charge is -2.06. The fourth-order valence-electron chi connectivity index (χ4n) is 1.33. The molecule has 0 bridgehead atoms. The molecule has 0 saturated heterocycles. The number of benzene rings is 1. The molecule has 18 heavy (non-hydrogen) atoms. The molecule has 2 rings (SSSR count). The Kier molecular flexibility index (Phi) is 3.33. The summed E-state index contributed by atoms with van der Waals surface area (Å²) in [5.41, 5.74) is -0.399. The Morgan fingerprint density at radius 2 is 1.83 bits per heavy atom. The van der Waals surface area contributed by atoms with Gasteiger partial charge >= 0.3 is 17.4 Å². The van der Waals surface area contributed by atoms with Crippen LogP contribution in [0, 0.1) is 10.1 Å². The van der Waals surface area contributed by atoms with Gasteiger partial charge in [-0.2, -0.15) is 9.97 Å². The van der Waals surface area contributed by atoms with Gasteiger partial charge in [-0.1, -0.05) is 18.2 Å². The zero-order valence-electron chi connectivity index (χ0n) is 9.44. The van der Waals surface area contributed by atoms with Gasteiger partial charge in [0.1, 0.15) is 12.1 Å². The molecule has 0 radical (unpaired) electrons. The van der Waals surface area contributed by atoms with E-state index in [1.165, 1.54) is 7.11 Å². The van der Waals surface area contributed by atoms with E-state index in [1.807, 2.05) is 6.07 Å². The molecule has 0 fully saturated rings. The lowest BCUT2D eigenvalue weighted by molar-refractivity contribution is -0.387. The molecule has 1 aromatic carbocycles. The molecule has 2 aromatic rings. The molecule has 7 heteroatoms. The Morgan fingerprint density at radius 1 is 1.17 bits per heavy atom. The SMILES string of the molecule is COc1ncnc(Oc2ccccc2)c1[N+](=O)[O-]. The number of hydrogen-bond acceptors (Lipinski definition) is 6. The van der Waals surface area contributed by atoms with Crippen molar-refractivity contribution in [3.05, 3.63) is 46.8 Å². The Morgan fingerprint density at radius 3 is 2.44 bits per heavy atom. The summed E-state index contributed by atoms with van der Waals surface area (Å²) in [5, 5.41) is 11.0. The van der Waals surface area contributed by atoms with Crippen LogP contribution in [0.15, 0.2) is 36.7 Å². The highest BCUT2D eigenvalue weighted by atomic mass is 16.6. The molecular weight excluding hydrogens is 238 g/mol. The highest BCUT2D eigenvalue weighted by molar-refractivity contribution is 5.50. The Bertz CT molecular complexity index is 559. The number of ether oxygens (including phenoxy) is 2. The van der Waals surface area contributed by atoms with Crippen LogP contribution in [0.1, 0.15) is 0 Å². The summed E-state index contributed by atoms with van der Waals surface area (Å²) in [6.45, 7) is 0. The summed E-state index contributed by atoms with van der Waals surface area (Å²) in [6.07, 6.45) is 1.14. The second-order valence-corrected chi connectivity index (χ2v) is 3.21. The lowest BCUT2D eigenvalue weighted by atomic mass is 10.3. The van der Waals surface area contributed by atoms with E-state index in [2.05, 4.69) is 9.97 Å². The molecular formula is C11H9N3O4. The van der Waals surface area contributed by atoms with Crippen molar-refractivity contribution in [3.8, 4) is 17.5 Å². The third-order valence-electron chi connectivity index (χ3n) is 2.09. The monoisotopic (exact) mass is 247 g/mol. The van der Waals surface area contributed by atoms with E-state index < -0.39 is 10.6 Å². The van der Waals surface area contributed by atoms with Crippen molar-refractivity contribution in [3.63, 3.8) is 0 Å². The minimum absolute atomic E-state index is 0.138. The van der Waals surface area contributed by atoms with Crippen LogP contribution in [0.2, 0.25) is 0 Å². The maximum Gasteiger partial charge on any atom is 0.392 e. The van der Waals surface area contributed by atoms with E-state index in [0.29, 0.717) is 5.75 Å². The van der Waals surface area contributed by atoms with Gasteiger partial charge in [-0.05, 0) is 12.1 Å². The Hall–Kier alpha value is -2.70. The van der Waals surface area contributed by atoms with Crippen LogP contribution in [-0.2, 0) is 0 Å². The van der Waals surface area contributed by atoms with Gasteiger partial charge in [0.15, 0.2) is 0 Å². The third-order valence-corrected chi connectivity index (χ3v) is 2.09. The third kappa shape index (κ3) is 2.34. The predicted molar refractivity (Wildman–Crippen MR) is 61.8 cm³/mol. The standard InChI is InChI=1S/C11H9N3O4/c1-17-10-9(14(15)16)11(13-7-12-10)18-8-5-3-2-4-6-8/h2-7H,1H3. The summed E-state index contributed by atoms with van der Waals surface area (Å²) in [5.74, 6) is 0.153. The van der Waals surface area contributed by atoms with E-state index in [9.17, 15) is 10.1 Å². The molecule has 0 aliphatic carbocycles. The van der Waals surface area contributed by atoms with Gasteiger partial charge in [-0.15, -0.1) is 0 Å². The zero-order valence-corrected chi connectivity index (χ0v) is 9.44. The number of para-hydroxylation sites is 1. The molecule has 1 aromatic heterocycles. The average Bonchev–Trinajstić information content (AvgIpc) is 2.39. The minimum Gasteiger partial charge on any atom is -0.476 e. The number of rotatable bonds is 4. The second-order valence-electron chi connectivity index (χ2n) is 3.21. The quantitative estimate of drug-likeness (QED) is 0.607. The Labute approximate surface area is 102 Å². The van der Waals surface area contributed by atoms with Crippen molar-refractivity contribution >= 4 is 5.69 Å². The minimum atomic E-state index is -0.642. The van der Waals surface area contributed by atoms with Gasteiger partial charge in [-0.3, -0.25) is 10.1 Å². The molecule has 0 aliphatic heterocycles. The molecule has 0 atom stereocenters. The van der Waals surface area contributed by atoms with Crippen molar-refractivity contribution in [1.82, 2.24) is 9.97 Å². The van der Waals surface area contributed by atoms with Gasteiger partial charge in [0.25, 0.3) is 0 Å². The molecule has 0 unspecified atom stereocenters. The molecule has 0 aliphatic rings.